The molecular formula is C25H33N7. The largest absolute Gasteiger partial charge is 0.341 e. The molecule has 0 bridgehead atoms. The van der Waals surface area contributed by atoms with E-state index < -0.39 is 0 Å². The van der Waals surface area contributed by atoms with Gasteiger partial charge in [0, 0.05) is 62.3 Å². The van der Waals surface area contributed by atoms with Crippen LogP contribution in [0.1, 0.15) is 61.3 Å². The zero-order valence-corrected chi connectivity index (χ0v) is 19.6. The first kappa shape index (κ1) is 21.1. The van der Waals surface area contributed by atoms with Crippen molar-refractivity contribution in [3.63, 3.8) is 0 Å². The van der Waals surface area contributed by atoms with E-state index in [-0.39, 0.29) is 5.41 Å². The van der Waals surface area contributed by atoms with Crippen LogP contribution >= 0.6 is 0 Å². The van der Waals surface area contributed by atoms with Crippen molar-refractivity contribution in [1.82, 2.24) is 29.4 Å². The van der Waals surface area contributed by atoms with Gasteiger partial charge in [0.1, 0.15) is 5.82 Å². The maximum atomic E-state index is 5.17. The molecule has 0 radical (unpaired) electrons. The molecule has 0 aromatic carbocycles. The van der Waals surface area contributed by atoms with Crippen LogP contribution in [0.4, 0.5) is 5.95 Å². The molecule has 1 fully saturated rings. The van der Waals surface area contributed by atoms with Gasteiger partial charge in [-0.05, 0) is 58.7 Å². The van der Waals surface area contributed by atoms with Gasteiger partial charge < -0.3 is 9.47 Å². The second-order valence-electron chi connectivity index (χ2n) is 9.65. The number of piperidine rings is 1. The lowest BCUT2D eigenvalue weighted by Gasteiger charge is -2.47. The number of hydrogen-bond acceptors (Lipinski definition) is 6. The highest BCUT2D eigenvalue weighted by Crippen LogP contribution is 2.43. The second-order valence-corrected chi connectivity index (χ2v) is 9.65. The average molecular weight is 432 g/mol. The summed E-state index contributed by atoms with van der Waals surface area (Å²) in [5, 5.41) is 0. The second kappa shape index (κ2) is 8.28. The van der Waals surface area contributed by atoms with E-state index in [1.807, 2.05) is 18.5 Å². The first-order valence-electron chi connectivity index (χ1n) is 11.7. The van der Waals surface area contributed by atoms with Gasteiger partial charge >= 0.3 is 0 Å². The molecule has 32 heavy (non-hydrogen) atoms. The summed E-state index contributed by atoms with van der Waals surface area (Å²) in [5.41, 5.74) is 5.00. The summed E-state index contributed by atoms with van der Waals surface area (Å²) >= 11 is 0. The van der Waals surface area contributed by atoms with Crippen LogP contribution in [0, 0.1) is 13.8 Å². The van der Waals surface area contributed by atoms with Gasteiger partial charge in [0.2, 0.25) is 5.95 Å². The third-order valence-corrected chi connectivity index (χ3v) is 6.99. The Balaban J connectivity index is 1.47. The van der Waals surface area contributed by atoms with Gasteiger partial charge in [-0.1, -0.05) is 6.07 Å². The molecule has 1 saturated heterocycles. The predicted octanol–water partition coefficient (Wildman–Crippen LogP) is 3.82. The molecule has 1 spiro atoms. The molecule has 7 nitrogen and oxygen atoms in total. The summed E-state index contributed by atoms with van der Waals surface area (Å²) in [6.07, 6.45) is 5.78. The Labute approximate surface area is 190 Å². The van der Waals surface area contributed by atoms with E-state index in [9.17, 15) is 0 Å². The molecule has 3 aromatic rings. The molecule has 0 saturated carbocycles. The fraction of sp³-hybridized carbons (Fsp3) is 0.520. The zero-order valence-electron chi connectivity index (χ0n) is 19.6. The SMILES string of the molecule is Cc1cccc(CN2Cc3c(nc(C)n3C(C)C)C3(CCN(c4ncccn4)CC3)C2)n1. The van der Waals surface area contributed by atoms with Crippen LogP contribution in [0.3, 0.4) is 0 Å². The van der Waals surface area contributed by atoms with Crippen LogP contribution in [0.2, 0.25) is 0 Å². The van der Waals surface area contributed by atoms with Crippen LogP contribution in [0.25, 0.3) is 0 Å². The molecular weight excluding hydrogens is 398 g/mol. The Bertz CT molecular complexity index is 1080. The van der Waals surface area contributed by atoms with Crippen LogP contribution in [0.5, 0.6) is 0 Å². The lowest BCUT2D eigenvalue weighted by atomic mass is 9.72. The molecule has 0 atom stereocenters. The van der Waals surface area contributed by atoms with Crippen molar-refractivity contribution in [2.45, 2.75) is 65.1 Å². The number of nitrogens with zero attached hydrogens (tertiary/aromatic N) is 7. The van der Waals surface area contributed by atoms with Crippen molar-refractivity contribution in [1.29, 1.82) is 0 Å². The highest BCUT2D eigenvalue weighted by atomic mass is 15.3. The number of pyridine rings is 1. The van der Waals surface area contributed by atoms with Crippen LogP contribution in [0.15, 0.2) is 36.7 Å². The highest BCUT2D eigenvalue weighted by Gasteiger charge is 2.45. The topological polar surface area (TPSA) is 63.0 Å². The summed E-state index contributed by atoms with van der Waals surface area (Å²) in [7, 11) is 0. The molecule has 0 amide bonds. The van der Waals surface area contributed by atoms with E-state index in [4.69, 9.17) is 9.97 Å². The van der Waals surface area contributed by atoms with Crippen molar-refractivity contribution in [2.24, 2.45) is 0 Å². The molecule has 168 valence electrons. The van der Waals surface area contributed by atoms with Crippen molar-refractivity contribution in [2.75, 3.05) is 24.5 Å². The Hall–Kier alpha value is -2.80. The normalized spacial score (nSPS) is 18.3. The number of rotatable bonds is 4. The van der Waals surface area contributed by atoms with E-state index in [0.29, 0.717) is 6.04 Å². The van der Waals surface area contributed by atoms with Crippen LogP contribution in [-0.4, -0.2) is 49.0 Å². The van der Waals surface area contributed by atoms with Gasteiger partial charge in [0.15, 0.2) is 0 Å². The van der Waals surface area contributed by atoms with Gasteiger partial charge in [0.25, 0.3) is 0 Å². The van der Waals surface area contributed by atoms with Crippen molar-refractivity contribution in [3.8, 4) is 0 Å². The molecule has 7 heteroatoms. The summed E-state index contributed by atoms with van der Waals surface area (Å²) in [4.78, 5) is 23.8. The Morgan fingerprint density at radius 1 is 1.00 bits per heavy atom. The van der Waals surface area contributed by atoms with Crippen LogP contribution in [-0.2, 0) is 18.5 Å². The minimum atomic E-state index is 0.0631. The molecule has 0 unspecified atom stereocenters. The summed E-state index contributed by atoms with van der Waals surface area (Å²) < 4.78 is 2.44. The van der Waals surface area contributed by atoms with E-state index in [1.165, 1.54) is 11.4 Å². The first-order valence-corrected chi connectivity index (χ1v) is 11.7. The molecule has 2 aliphatic rings. The Morgan fingerprint density at radius 2 is 1.75 bits per heavy atom. The molecule has 5 rings (SSSR count). The number of aryl methyl sites for hydroxylation is 2. The number of aromatic nitrogens is 5. The third kappa shape index (κ3) is 3.79. The smallest absolute Gasteiger partial charge is 0.225 e. The third-order valence-electron chi connectivity index (χ3n) is 6.99. The number of fused-ring (bicyclic) bond motifs is 2. The predicted molar refractivity (Wildman–Crippen MR) is 126 cm³/mol. The number of anilines is 1. The monoisotopic (exact) mass is 431 g/mol. The minimum Gasteiger partial charge on any atom is -0.341 e. The van der Waals surface area contributed by atoms with Crippen molar-refractivity contribution < 1.29 is 0 Å². The number of hydrogen-bond donors (Lipinski definition) is 0. The van der Waals surface area contributed by atoms with Gasteiger partial charge in [-0.3, -0.25) is 9.88 Å². The summed E-state index contributed by atoms with van der Waals surface area (Å²) in [6, 6.07) is 8.61. The zero-order chi connectivity index (χ0) is 22.3. The molecule has 5 heterocycles. The Morgan fingerprint density at radius 3 is 2.44 bits per heavy atom. The molecule has 0 N–H and O–H groups in total. The fourth-order valence-electron chi connectivity index (χ4n) is 5.63. The fourth-order valence-corrected chi connectivity index (χ4v) is 5.63. The van der Waals surface area contributed by atoms with Gasteiger partial charge in [-0.2, -0.15) is 0 Å². The van der Waals surface area contributed by atoms with Crippen molar-refractivity contribution in [3.05, 3.63) is 65.3 Å². The quantitative estimate of drug-likeness (QED) is 0.626. The summed E-state index contributed by atoms with van der Waals surface area (Å²) in [5.74, 6) is 1.97. The van der Waals surface area contributed by atoms with E-state index >= 15 is 0 Å². The minimum absolute atomic E-state index is 0.0631. The van der Waals surface area contributed by atoms with E-state index in [1.54, 1.807) is 0 Å². The van der Waals surface area contributed by atoms with E-state index in [2.05, 4.69) is 70.2 Å². The standard InChI is InChI=1S/C25H33N7/c1-18(2)32-20(4)29-23-22(32)16-30(15-21-8-5-7-19(3)28-21)17-25(23)9-13-31(14-10-25)24-26-11-6-12-27-24/h5-8,11-12,18H,9-10,13-17H2,1-4H3. The first-order chi connectivity index (χ1) is 15.4. The molecule has 3 aromatic heterocycles. The molecule has 0 aliphatic carbocycles. The lowest BCUT2D eigenvalue weighted by Crippen LogP contribution is -2.52. The van der Waals surface area contributed by atoms with Crippen molar-refractivity contribution >= 4 is 5.95 Å². The maximum Gasteiger partial charge on any atom is 0.225 e. The Kier molecular flexibility index (Phi) is 5.45. The summed E-state index contributed by atoms with van der Waals surface area (Å²) in [6.45, 7) is 13.5. The lowest BCUT2D eigenvalue weighted by molar-refractivity contribution is 0.136. The van der Waals surface area contributed by atoms with Crippen LogP contribution < -0.4 is 4.90 Å². The maximum absolute atomic E-state index is 5.17. The van der Waals surface area contributed by atoms with Gasteiger partial charge in [0.05, 0.1) is 17.1 Å². The average Bonchev–Trinajstić information content (AvgIpc) is 3.12. The molecule has 2 aliphatic heterocycles. The number of imidazole rings is 1. The van der Waals surface area contributed by atoms with E-state index in [0.717, 1.165) is 68.7 Å². The van der Waals surface area contributed by atoms with Gasteiger partial charge in [-0.15, -0.1) is 0 Å². The van der Waals surface area contributed by atoms with Gasteiger partial charge in [-0.25, -0.2) is 15.0 Å². The highest BCUT2D eigenvalue weighted by molar-refractivity contribution is 5.36.